The molecule has 1 aromatic carbocycles. The maximum atomic E-state index is 12.4. The number of hydrogen-bond acceptors (Lipinski definition) is 3. The third-order valence-electron chi connectivity index (χ3n) is 3.80. The van der Waals surface area contributed by atoms with Crippen LogP contribution < -0.4 is 5.73 Å². The van der Waals surface area contributed by atoms with E-state index in [2.05, 4.69) is 0 Å². The van der Waals surface area contributed by atoms with Gasteiger partial charge in [-0.2, -0.15) is 5.06 Å². The van der Waals surface area contributed by atoms with Crippen LogP contribution >= 0.6 is 0 Å². The molecule has 110 valence electrons. The Hall–Kier alpha value is -2.34. The number of hydrogen-bond donors (Lipinski definition) is 1. The van der Waals surface area contributed by atoms with Crippen LogP contribution in [0.3, 0.4) is 0 Å². The molecule has 0 radical (unpaired) electrons. The van der Waals surface area contributed by atoms with Crippen LogP contribution in [0.25, 0.3) is 0 Å². The Morgan fingerprint density at radius 3 is 2.76 bits per heavy atom. The number of amides is 3. The van der Waals surface area contributed by atoms with Crippen LogP contribution in [-0.2, 0) is 16.2 Å². The number of primary amides is 1. The van der Waals surface area contributed by atoms with Gasteiger partial charge in [0.1, 0.15) is 12.6 Å². The average molecular weight is 287 g/mol. The normalized spacial score (nSPS) is 24.2. The van der Waals surface area contributed by atoms with Crippen LogP contribution in [0.1, 0.15) is 12.5 Å². The molecule has 0 spiro atoms. The van der Waals surface area contributed by atoms with Gasteiger partial charge in [0.05, 0.1) is 12.6 Å². The quantitative estimate of drug-likeness (QED) is 0.841. The number of carbonyl (C=O) groups is 2. The summed E-state index contributed by atoms with van der Waals surface area (Å²) >= 11 is 0. The molecule has 2 aliphatic heterocycles. The van der Waals surface area contributed by atoms with Crippen molar-refractivity contribution >= 4 is 11.9 Å². The van der Waals surface area contributed by atoms with Crippen LogP contribution in [0.15, 0.2) is 42.0 Å². The summed E-state index contributed by atoms with van der Waals surface area (Å²) in [5, 5.41) is 1.33. The fourth-order valence-corrected chi connectivity index (χ4v) is 2.85. The number of urea groups is 1. The van der Waals surface area contributed by atoms with Crippen molar-refractivity contribution in [2.24, 2.45) is 5.73 Å². The molecule has 0 aliphatic carbocycles. The topological polar surface area (TPSA) is 75.9 Å². The molecule has 2 heterocycles. The van der Waals surface area contributed by atoms with E-state index in [0.29, 0.717) is 13.2 Å². The van der Waals surface area contributed by atoms with Gasteiger partial charge in [-0.15, -0.1) is 0 Å². The smallest absolute Gasteiger partial charge is 0.345 e. The van der Waals surface area contributed by atoms with E-state index < -0.39 is 11.9 Å². The van der Waals surface area contributed by atoms with Crippen LogP contribution in [0.2, 0.25) is 0 Å². The predicted octanol–water partition coefficient (Wildman–Crippen LogP) is 1.04. The van der Waals surface area contributed by atoms with Crippen LogP contribution in [-0.4, -0.2) is 40.5 Å². The highest BCUT2D eigenvalue weighted by molar-refractivity contribution is 5.90. The lowest BCUT2D eigenvalue weighted by atomic mass is 10.0. The lowest BCUT2D eigenvalue weighted by Crippen LogP contribution is -2.48. The second kappa shape index (κ2) is 5.21. The van der Waals surface area contributed by atoms with Crippen molar-refractivity contribution < 1.29 is 14.4 Å². The van der Waals surface area contributed by atoms with E-state index in [-0.39, 0.29) is 12.1 Å². The zero-order valence-corrected chi connectivity index (χ0v) is 11.7. The summed E-state index contributed by atoms with van der Waals surface area (Å²) in [6, 6.07) is 8.47. The largest absolute Gasteiger partial charge is 0.368 e. The number of benzene rings is 1. The third-order valence-corrected chi connectivity index (χ3v) is 3.80. The molecule has 2 unspecified atom stereocenters. The van der Waals surface area contributed by atoms with E-state index in [0.717, 1.165) is 11.1 Å². The van der Waals surface area contributed by atoms with Gasteiger partial charge < -0.3 is 10.6 Å². The molecule has 21 heavy (non-hydrogen) atoms. The first-order chi connectivity index (χ1) is 10.1. The molecule has 6 heteroatoms. The van der Waals surface area contributed by atoms with Crippen molar-refractivity contribution in [3.8, 4) is 0 Å². The van der Waals surface area contributed by atoms with Gasteiger partial charge in [0, 0.05) is 0 Å². The molecule has 6 nitrogen and oxygen atoms in total. The lowest BCUT2D eigenvalue weighted by Gasteiger charge is -2.27. The maximum Gasteiger partial charge on any atom is 0.345 e. The van der Waals surface area contributed by atoms with Crippen molar-refractivity contribution in [1.82, 2.24) is 9.96 Å². The molecule has 2 atom stereocenters. The maximum absolute atomic E-state index is 12.4. The van der Waals surface area contributed by atoms with Gasteiger partial charge in [0.25, 0.3) is 0 Å². The first-order valence-corrected chi connectivity index (χ1v) is 6.82. The van der Waals surface area contributed by atoms with Crippen LogP contribution in [0, 0.1) is 0 Å². The molecule has 3 amide bonds. The van der Waals surface area contributed by atoms with Crippen molar-refractivity contribution in [2.75, 3.05) is 6.54 Å². The summed E-state index contributed by atoms with van der Waals surface area (Å²) in [6.45, 7) is 2.55. The van der Waals surface area contributed by atoms with Crippen LogP contribution in [0.5, 0.6) is 0 Å². The highest BCUT2D eigenvalue weighted by Gasteiger charge is 2.46. The van der Waals surface area contributed by atoms with E-state index in [9.17, 15) is 9.59 Å². The fourth-order valence-electron chi connectivity index (χ4n) is 2.85. The molecule has 3 rings (SSSR count). The molecule has 2 aliphatic rings. The van der Waals surface area contributed by atoms with Gasteiger partial charge in [0.2, 0.25) is 5.91 Å². The molecule has 0 aromatic heterocycles. The lowest BCUT2D eigenvalue weighted by molar-refractivity contribution is -0.131. The average Bonchev–Trinajstić information content (AvgIpc) is 2.70. The molecule has 1 fully saturated rings. The summed E-state index contributed by atoms with van der Waals surface area (Å²) in [7, 11) is 0. The van der Waals surface area contributed by atoms with Crippen molar-refractivity contribution in [1.29, 1.82) is 0 Å². The zero-order valence-electron chi connectivity index (χ0n) is 11.7. The summed E-state index contributed by atoms with van der Waals surface area (Å²) in [5.74, 6) is -0.513. The minimum absolute atomic E-state index is 0.170. The second-order valence-corrected chi connectivity index (χ2v) is 5.30. The Balaban J connectivity index is 1.74. The number of nitrogens with two attached hydrogens (primary N) is 1. The highest BCUT2D eigenvalue weighted by atomic mass is 16.7. The van der Waals surface area contributed by atoms with Gasteiger partial charge in [-0.05, 0) is 18.1 Å². The standard InChI is InChI=1S/C15H17N3O3/c1-10-7-12-8-17(13(10)14(16)19)15(20)18(12)21-9-11-5-3-2-4-6-11/h2-7,12-13H,8-9H2,1H3,(H2,16,19). The van der Waals surface area contributed by atoms with Gasteiger partial charge in [-0.25, -0.2) is 4.79 Å². The van der Waals surface area contributed by atoms with Crippen molar-refractivity contribution in [3.63, 3.8) is 0 Å². The van der Waals surface area contributed by atoms with Crippen molar-refractivity contribution in [3.05, 3.63) is 47.5 Å². The molecular weight excluding hydrogens is 270 g/mol. The van der Waals surface area contributed by atoms with E-state index in [1.807, 2.05) is 43.3 Å². The van der Waals surface area contributed by atoms with E-state index in [4.69, 9.17) is 10.6 Å². The predicted molar refractivity (Wildman–Crippen MR) is 75.7 cm³/mol. The molecule has 0 saturated carbocycles. The summed E-state index contributed by atoms with van der Waals surface area (Å²) < 4.78 is 0. The van der Waals surface area contributed by atoms with Gasteiger partial charge in [-0.3, -0.25) is 9.63 Å². The fraction of sp³-hybridized carbons (Fsp3) is 0.333. The monoisotopic (exact) mass is 287 g/mol. The minimum Gasteiger partial charge on any atom is -0.368 e. The summed E-state index contributed by atoms with van der Waals surface area (Å²) in [5.41, 5.74) is 7.15. The highest BCUT2D eigenvalue weighted by Crippen LogP contribution is 2.29. The first-order valence-electron chi connectivity index (χ1n) is 6.82. The Kier molecular flexibility index (Phi) is 3.39. The Morgan fingerprint density at radius 2 is 2.10 bits per heavy atom. The SMILES string of the molecule is CC1=CC2CN(C(=O)N2OCc2ccccc2)C1C(N)=O. The molecule has 1 aromatic rings. The Morgan fingerprint density at radius 1 is 1.38 bits per heavy atom. The second-order valence-electron chi connectivity index (χ2n) is 5.30. The Labute approximate surface area is 122 Å². The molecule has 1 saturated heterocycles. The van der Waals surface area contributed by atoms with E-state index in [1.165, 1.54) is 9.96 Å². The van der Waals surface area contributed by atoms with Gasteiger partial charge in [0.15, 0.2) is 0 Å². The van der Waals surface area contributed by atoms with Crippen molar-refractivity contribution in [2.45, 2.75) is 25.6 Å². The van der Waals surface area contributed by atoms with E-state index >= 15 is 0 Å². The number of nitrogens with zero attached hydrogens (tertiary/aromatic N) is 2. The first kappa shape index (κ1) is 13.6. The van der Waals surface area contributed by atoms with Gasteiger partial charge >= 0.3 is 6.03 Å². The summed E-state index contributed by atoms with van der Waals surface area (Å²) in [4.78, 5) is 31.0. The van der Waals surface area contributed by atoms with Crippen LogP contribution in [0.4, 0.5) is 4.79 Å². The number of rotatable bonds is 4. The zero-order chi connectivity index (χ0) is 15.0. The molecular formula is C15H17N3O3. The summed E-state index contributed by atoms with van der Waals surface area (Å²) in [6.07, 6.45) is 1.88. The third kappa shape index (κ3) is 2.38. The number of carbonyl (C=O) groups excluding carboxylic acids is 2. The van der Waals surface area contributed by atoms with Gasteiger partial charge in [-0.1, -0.05) is 36.4 Å². The number of hydroxylamine groups is 2. The molecule has 2 bridgehead atoms. The Bertz CT molecular complexity index is 599. The van der Waals surface area contributed by atoms with E-state index in [1.54, 1.807) is 0 Å². The molecule has 2 N–H and O–H groups in total. The minimum atomic E-state index is -0.668. The number of fused-ring (bicyclic) bond motifs is 2.